The van der Waals surface area contributed by atoms with E-state index in [2.05, 4.69) is 49.6 Å². The summed E-state index contributed by atoms with van der Waals surface area (Å²) < 4.78 is 7.16. The summed E-state index contributed by atoms with van der Waals surface area (Å²) >= 11 is -0.894. The van der Waals surface area contributed by atoms with Crippen LogP contribution in [0.3, 0.4) is 0 Å². The number of rotatable bonds is 6. The SMILES string of the molecule is CO.OCC1O[C@H](CCNc2ccc([As]3SCCS3)cc2)CC(O)[C@@H]1O. The van der Waals surface area contributed by atoms with Crippen LogP contribution in [0.2, 0.25) is 0 Å². The van der Waals surface area contributed by atoms with Crippen LogP contribution in [0.5, 0.6) is 0 Å². The Hall–Kier alpha value is 0.0784. The molecule has 26 heavy (non-hydrogen) atoms. The average molecular weight is 465 g/mol. The van der Waals surface area contributed by atoms with Crippen LogP contribution in [0.25, 0.3) is 0 Å². The van der Waals surface area contributed by atoms with E-state index in [1.807, 2.05) is 0 Å². The summed E-state index contributed by atoms with van der Waals surface area (Å²) in [5.41, 5.74) is 1.09. The van der Waals surface area contributed by atoms with Gasteiger partial charge in [0.1, 0.15) is 0 Å². The van der Waals surface area contributed by atoms with Crippen molar-refractivity contribution in [1.29, 1.82) is 0 Å². The molecule has 0 spiro atoms. The Morgan fingerprint density at radius 1 is 1.15 bits per heavy atom. The molecule has 2 saturated heterocycles. The first-order valence-electron chi connectivity index (χ1n) is 8.64. The van der Waals surface area contributed by atoms with Gasteiger partial charge in [-0.1, -0.05) is 0 Å². The first-order chi connectivity index (χ1) is 12.7. The normalized spacial score (nSPS) is 29.1. The molecule has 0 amide bonds. The number of nitrogens with one attached hydrogen (secondary N) is 1. The van der Waals surface area contributed by atoms with Gasteiger partial charge in [-0.2, -0.15) is 0 Å². The molecule has 2 aliphatic rings. The standard InChI is InChI=1S/C16H24AsNO4S2.CH4O/c19-10-15-16(21)14(20)9-13(22-15)5-6-18-12-3-1-11(2-4-12)17-23-7-8-24-17;1-2/h1-4,13-16,18-21H,5-10H2;2H,1H3/t13-,14?,15?,16+;/m1./s1. The molecule has 0 saturated carbocycles. The number of hydrogen-bond acceptors (Lipinski definition) is 8. The Bertz CT molecular complexity index is 518. The molecule has 2 fully saturated rings. The quantitative estimate of drug-likeness (QED) is 0.379. The molecule has 5 N–H and O–H groups in total. The third-order valence-electron chi connectivity index (χ3n) is 4.20. The Kier molecular flexibility index (Phi) is 10.2. The molecule has 2 heterocycles. The van der Waals surface area contributed by atoms with Crippen LogP contribution in [0.15, 0.2) is 24.3 Å². The topological polar surface area (TPSA) is 102 Å². The van der Waals surface area contributed by atoms with Crippen LogP contribution in [-0.4, -0.2) is 88.9 Å². The molecule has 2 unspecified atom stereocenters. The molecular weight excluding hydrogens is 437 g/mol. The van der Waals surface area contributed by atoms with Gasteiger partial charge in [0.25, 0.3) is 0 Å². The molecule has 0 aliphatic carbocycles. The van der Waals surface area contributed by atoms with Crippen LogP contribution < -0.4 is 9.67 Å². The van der Waals surface area contributed by atoms with E-state index in [4.69, 9.17) is 9.84 Å². The summed E-state index contributed by atoms with van der Waals surface area (Å²) in [5, 5.41) is 39.2. The van der Waals surface area contributed by atoms with Gasteiger partial charge >= 0.3 is 154 Å². The second-order valence-corrected chi connectivity index (χ2v) is 17.7. The van der Waals surface area contributed by atoms with Gasteiger partial charge in [-0.3, -0.25) is 0 Å². The van der Waals surface area contributed by atoms with Gasteiger partial charge in [0.15, 0.2) is 0 Å². The zero-order valence-electron chi connectivity index (χ0n) is 14.8. The van der Waals surface area contributed by atoms with Crippen LogP contribution in [0.1, 0.15) is 12.8 Å². The van der Waals surface area contributed by atoms with E-state index in [1.165, 1.54) is 15.9 Å². The van der Waals surface area contributed by atoms with Crippen molar-refractivity contribution in [2.45, 2.75) is 37.3 Å². The van der Waals surface area contributed by atoms with E-state index < -0.39 is 30.7 Å². The maximum atomic E-state index is 9.84. The predicted octanol–water partition coefficient (Wildman–Crippen LogP) is 0.144. The van der Waals surface area contributed by atoms with E-state index in [9.17, 15) is 15.3 Å². The van der Waals surface area contributed by atoms with Crippen LogP contribution in [-0.2, 0) is 4.74 Å². The van der Waals surface area contributed by atoms with Crippen molar-refractivity contribution in [2.24, 2.45) is 0 Å². The van der Waals surface area contributed by atoms with Gasteiger partial charge in [-0.25, -0.2) is 0 Å². The monoisotopic (exact) mass is 465 g/mol. The second-order valence-electron chi connectivity index (χ2n) is 5.96. The van der Waals surface area contributed by atoms with Crippen molar-refractivity contribution >= 4 is 42.4 Å². The molecule has 1 aromatic rings. The minimum atomic E-state index is -0.998. The molecule has 0 bridgehead atoms. The number of aliphatic hydroxyl groups excluding tert-OH is 4. The van der Waals surface area contributed by atoms with Crippen molar-refractivity contribution in [1.82, 2.24) is 0 Å². The van der Waals surface area contributed by atoms with Crippen molar-refractivity contribution in [3.63, 3.8) is 0 Å². The van der Waals surface area contributed by atoms with Crippen molar-refractivity contribution < 1.29 is 25.2 Å². The van der Waals surface area contributed by atoms with Crippen molar-refractivity contribution in [2.75, 3.05) is 37.1 Å². The molecule has 9 heteroatoms. The van der Waals surface area contributed by atoms with Crippen molar-refractivity contribution in [3.05, 3.63) is 24.3 Å². The number of anilines is 1. The fraction of sp³-hybridized carbons (Fsp3) is 0.647. The second kappa shape index (κ2) is 11.8. The summed E-state index contributed by atoms with van der Waals surface area (Å²) in [7, 11) is 5.30. The fourth-order valence-corrected chi connectivity index (χ4v) is 17.0. The van der Waals surface area contributed by atoms with E-state index in [0.29, 0.717) is 6.42 Å². The molecule has 1 aromatic carbocycles. The summed E-state index contributed by atoms with van der Waals surface area (Å²) in [6.45, 7) is 0.459. The summed E-state index contributed by atoms with van der Waals surface area (Å²) in [6.07, 6.45) is -1.53. The van der Waals surface area contributed by atoms with Crippen LogP contribution in [0.4, 0.5) is 5.69 Å². The van der Waals surface area contributed by atoms with Gasteiger partial charge in [0.2, 0.25) is 0 Å². The Morgan fingerprint density at radius 3 is 2.42 bits per heavy atom. The van der Waals surface area contributed by atoms with Crippen LogP contribution >= 0.6 is 20.0 Å². The number of aliphatic hydroxyl groups is 4. The molecular formula is C17H28AsNO5S2. The fourth-order valence-electron chi connectivity index (χ4n) is 2.88. The number of benzene rings is 1. The van der Waals surface area contributed by atoms with Crippen LogP contribution in [0, 0.1) is 0 Å². The van der Waals surface area contributed by atoms with Gasteiger partial charge < -0.3 is 5.11 Å². The minimum absolute atomic E-state index is 0.147. The maximum absolute atomic E-state index is 9.84. The third kappa shape index (κ3) is 6.31. The zero-order valence-corrected chi connectivity index (χ0v) is 18.3. The van der Waals surface area contributed by atoms with E-state index in [-0.39, 0.29) is 12.7 Å². The molecule has 2 aliphatic heterocycles. The Labute approximate surface area is 165 Å². The van der Waals surface area contributed by atoms with E-state index in [1.54, 1.807) is 0 Å². The summed E-state index contributed by atoms with van der Waals surface area (Å²) in [4.78, 5) is 0. The van der Waals surface area contributed by atoms with Crippen molar-refractivity contribution in [3.8, 4) is 0 Å². The number of hydrogen-bond donors (Lipinski definition) is 5. The molecule has 4 atom stereocenters. The molecule has 148 valence electrons. The molecule has 0 radical (unpaired) electrons. The Morgan fingerprint density at radius 2 is 1.81 bits per heavy atom. The first-order valence-corrected chi connectivity index (χ1v) is 16.1. The van der Waals surface area contributed by atoms with Gasteiger partial charge in [0.05, 0.1) is 0 Å². The van der Waals surface area contributed by atoms with E-state index >= 15 is 0 Å². The van der Waals surface area contributed by atoms with Gasteiger partial charge in [-0.05, 0) is 0 Å². The first kappa shape index (κ1) is 22.4. The van der Waals surface area contributed by atoms with Gasteiger partial charge in [-0.15, -0.1) is 0 Å². The van der Waals surface area contributed by atoms with Gasteiger partial charge in [0, 0.05) is 7.11 Å². The molecule has 0 aromatic heterocycles. The summed E-state index contributed by atoms with van der Waals surface area (Å²) in [5.74, 6) is 2.59. The summed E-state index contributed by atoms with van der Waals surface area (Å²) in [6, 6.07) is 8.76. The molecule has 3 rings (SSSR count). The van der Waals surface area contributed by atoms with E-state index in [0.717, 1.165) is 25.8 Å². The molecule has 6 nitrogen and oxygen atoms in total. The number of ether oxygens (including phenoxy) is 1. The average Bonchev–Trinajstić information content (AvgIpc) is 3.21. The Balaban J connectivity index is 0.00000117. The predicted molar refractivity (Wildman–Crippen MR) is 110 cm³/mol. The third-order valence-corrected chi connectivity index (χ3v) is 17.9. The zero-order chi connectivity index (χ0) is 18.9.